The van der Waals surface area contributed by atoms with Crippen molar-refractivity contribution in [2.45, 2.75) is 33.0 Å². The molecule has 2 rings (SSSR count). The Morgan fingerprint density at radius 3 is 2.57 bits per heavy atom. The number of rotatable bonds is 3. The maximum absolute atomic E-state index is 13.1. The molecule has 1 aliphatic heterocycles. The lowest BCUT2D eigenvalue weighted by atomic mass is 9.90. The van der Waals surface area contributed by atoms with Crippen LogP contribution >= 0.6 is 0 Å². The van der Waals surface area contributed by atoms with Gasteiger partial charge in [0.25, 0.3) is 5.91 Å². The highest BCUT2D eigenvalue weighted by atomic mass is 19.4. The zero-order valence-electron chi connectivity index (χ0n) is 12.8. The van der Waals surface area contributed by atoms with Gasteiger partial charge in [0.2, 0.25) is 0 Å². The number of carboxylic acids is 1. The predicted molar refractivity (Wildman–Crippen MR) is 73.7 cm³/mol. The van der Waals surface area contributed by atoms with E-state index in [1.54, 1.807) is 13.8 Å². The van der Waals surface area contributed by atoms with Gasteiger partial charge < -0.3 is 10.0 Å². The van der Waals surface area contributed by atoms with Gasteiger partial charge in [0.05, 0.1) is 11.5 Å². The third kappa shape index (κ3) is 3.65. The molecule has 1 saturated heterocycles. The van der Waals surface area contributed by atoms with Crippen molar-refractivity contribution < 1.29 is 27.9 Å². The lowest BCUT2D eigenvalue weighted by molar-refractivity contribution is -0.144. The number of carbonyl (C=O) groups excluding carboxylic acids is 1. The van der Waals surface area contributed by atoms with Crippen LogP contribution in [0.4, 0.5) is 13.2 Å². The van der Waals surface area contributed by atoms with Crippen LogP contribution in [0.1, 0.15) is 36.3 Å². The Labute approximate surface area is 130 Å². The van der Waals surface area contributed by atoms with E-state index in [1.807, 2.05) is 0 Å². The van der Waals surface area contributed by atoms with E-state index in [0.717, 1.165) is 10.9 Å². The van der Waals surface area contributed by atoms with E-state index in [2.05, 4.69) is 5.10 Å². The summed E-state index contributed by atoms with van der Waals surface area (Å²) >= 11 is 0. The molecule has 23 heavy (non-hydrogen) atoms. The van der Waals surface area contributed by atoms with Crippen molar-refractivity contribution in [1.29, 1.82) is 0 Å². The quantitative estimate of drug-likeness (QED) is 0.919. The van der Waals surface area contributed by atoms with E-state index >= 15 is 0 Å². The molecule has 1 aliphatic rings. The molecular formula is C14H18F3N3O3. The molecule has 0 aromatic carbocycles. The van der Waals surface area contributed by atoms with Gasteiger partial charge in [-0.1, -0.05) is 6.92 Å². The van der Waals surface area contributed by atoms with Crippen molar-refractivity contribution in [3.8, 4) is 0 Å². The van der Waals surface area contributed by atoms with Crippen LogP contribution in [-0.4, -0.2) is 44.8 Å². The predicted octanol–water partition coefficient (Wildman–Crippen LogP) is 2.10. The summed E-state index contributed by atoms with van der Waals surface area (Å²) in [6, 6.07) is 0. The van der Waals surface area contributed by atoms with Gasteiger partial charge >= 0.3 is 12.1 Å². The second-order valence-corrected chi connectivity index (χ2v) is 5.83. The van der Waals surface area contributed by atoms with Crippen LogP contribution in [0.5, 0.6) is 0 Å². The average molecular weight is 333 g/mol. The summed E-state index contributed by atoms with van der Waals surface area (Å²) in [5.74, 6) is -2.73. The normalized spacial score (nSPS) is 22.2. The summed E-state index contributed by atoms with van der Waals surface area (Å²) in [5, 5.41) is 12.5. The first-order valence-corrected chi connectivity index (χ1v) is 7.30. The molecule has 1 fully saturated rings. The van der Waals surface area contributed by atoms with Gasteiger partial charge in [-0.25, -0.2) is 0 Å². The second kappa shape index (κ2) is 6.21. The maximum Gasteiger partial charge on any atom is 0.435 e. The summed E-state index contributed by atoms with van der Waals surface area (Å²) in [5.41, 5.74) is -1.76. The molecule has 0 spiro atoms. The molecule has 0 saturated carbocycles. The lowest BCUT2D eigenvalue weighted by Gasteiger charge is -2.34. The average Bonchev–Trinajstić information content (AvgIpc) is 2.90. The van der Waals surface area contributed by atoms with E-state index in [0.29, 0.717) is 6.42 Å². The number of amides is 1. The summed E-state index contributed by atoms with van der Waals surface area (Å²) in [6.45, 7) is 3.73. The smallest absolute Gasteiger partial charge is 0.435 e. The minimum atomic E-state index is -4.74. The summed E-state index contributed by atoms with van der Waals surface area (Å²) in [7, 11) is 0. The molecule has 0 aliphatic carbocycles. The molecule has 6 nitrogen and oxygen atoms in total. The molecule has 128 valence electrons. The van der Waals surface area contributed by atoms with Crippen LogP contribution in [0, 0.1) is 11.8 Å². The Bertz CT molecular complexity index is 612. The number of hydrogen-bond donors (Lipinski definition) is 1. The van der Waals surface area contributed by atoms with Crippen LogP contribution in [-0.2, 0) is 17.5 Å². The SMILES string of the molecule is CCn1cc(C(=O)N2CC(C)CC(C(=O)O)C2)c(C(F)(F)F)n1. The minimum absolute atomic E-state index is 0.0902. The molecule has 9 heteroatoms. The number of piperidine rings is 1. The van der Waals surface area contributed by atoms with Crippen LogP contribution in [0.15, 0.2) is 6.20 Å². The van der Waals surface area contributed by atoms with E-state index in [4.69, 9.17) is 5.11 Å². The maximum atomic E-state index is 13.1. The van der Waals surface area contributed by atoms with Crippen LogP contribution in [0.2, 0.25) is 0 Å². The highest BCUT2D eigenvalue weighted by Crippen LogP contribution is 2.32. The minimum Gasteiger partial charge on any atom is -0.481 e. The third-order valence-corrected chi connectivity index (χ3v) is 3.88. The topological polar surface area (TPSA) is 75.4 Å². The molecule has 1 aromatic rings. The lowest BCUT2D eigenvalue weighted by Crippen LogP contribution is -2.45. The molecule has 1 N–H and O–H groups in total. The number of aliphatic carboxylic acids is 1. The summed E-state index contributed by atoms with van der Waals surface area (Å²) < 4.78 is 40.3. The van der Waals surface area contributed by atoms with Gasteiger partial charge in [-0.15, -0.1) is 0 Å². The fourth-order valence-corrected chi connectivity index (χ4v) is 2.82. The van der Waals surface area contributed by atoms with Gasteiger partial charge in [0.1, 0.15) is 0 Å². The molecule has 2 atom stereocenters. The monoisotopic (exact) mass is 333 g/mol. The summed E-state index contributed by atoms with van der Waals surface area (Å²) in [6.07, 6.45) is -3.27. The first kappa shape index (κ1) is 17.3. The Hall–Kier alpha value is -2.06. The van der Waals surface area contributed by atoms with E-state index < -0.39 is 35.2 Å². The van der Waals surface area contributed by atoms with Crippen molar-refractivity contribution >= 4 is 11.9 Å². The van der Waals surface area contributed by atoms with Gasteiger partial charge in [-0.05, 0) is 19.3 Å². The fourth-order valence-electron chi connectivity index (χ4n) is 2.82. The molecular weight excluding hydrogens is 315 g/mol. The summed E-state index contributed by atoms with van der Waals surface area (Å²) in [4.78, 5) is 24.8. The van der Waals surface area contributed by atoms with E-state index in [9.17, 15) is 22.8 Å². The number of nitrogens with zero attached hydrogens (tertiary/aromatic N) is 3. The Balaban J connectivity index is 2.32. The Kier molecular flexibility index (Phi) is 4.67. The standard InChI is InChI=1S/C14H18F3N3O3/c1-3-20-7-10(11(18-20)14(15,16)17)12(21)19-5-8(2)4-9(6-19)13(22)23/h7-9H,3-6H2,1-2H3,(H,22,23). The van der Waals surface area contributed by atoms with Crippen LogP contribution < -0.4 is 0 Å². The number of halogens is 3. The van der Waals surface area contributed by atoms with E-state index in [1.165, 1.54) is 4.90 Å². The van der Waals surface area contributed by atoms with Crippen LogP contribution in [0.3, 0.4) is 0 Å². The van der Waals surface area contributed by atoms with Crippen molar-refractivity contribution in [3.05, 3.63) is 17.5 Å². The number of carboxylic acid groups (broad SMARTS) is 1. The molecule has 0 radical (unpaired) electrons. The number of aryl methyl sites for hydroxylation is 1. The number of alkyl halides is 3. The molecule has 0 bridgehead atoms. The van der Waals surface area contributed by atoms with Crippen LogP contribution in [0.25, 0.3) is 0 Å². The number of carbonyl (C=O) groups is 2. The van der Waals surface area contributed by atoms with Gasteiger partial charge in [-0.2, -0.15) is 18.3 Å². The van der Waals surface area contributed by atoms with Gasteiger partial charge in [0.15, 0.2) is 5.69 Å². The second-order valence-electron chi connectivity index (χ2n) is 5.83. The molecule has 2 unspecified atom stereocenters. The number of aromatic nitrogens is 2. The van der Waals surface area contributed by atoms with E-state index in [-0.39, 0.29) is 25.6 Å². The highest BCUT2D eigenvalue weighted by molar-refractivity contribution is 5.95. The molecule has 1 aromatic heterocycles. The van der Waals surface area contributed by atoms with Gasteiger partial charge in [0, 0.05) is 25.8 Å². The Morgan fingerprint density at radius 1 is 1.39 bits per heavy atom. The fraction of sp³-hybridized carbons (Fsp3) is 0.643. The third-order valence-electron chi connectivity index (χ3n) is 3.88. The van der Waals surface area contributed by atoms with Crippen molar-refractivity contribution in [3.63, 3.8) is 0 Å². The van der Waals surface area contributed by atoms with Crippen molar-refractivity contribution in [1.82, 2.24) is 14.7 Å². The number of likely N-dealkylation sites (tertiary alicyclic amines) is 1. The van der Waals surface area contributed by atoms with Crippen molar-refractivity contribution in [2.75, 3.05) is 13.1 Å². The van der Waals surface area contributed by atoms with Gasteiger partial charge in [-0.3, -0.25) is 14.3 Å². The molecule has 2 heterocycles. The largest absolute Gasteiger partial charge is 0.481 e. The highest BCUT2D eigenvalue weighted by Gasteiger charge is 2.41. The first-order valence-electron chi connectivity index (χ1n) is 7.30. The first-order chi connectivity index (χ1) is 10.6. The molecule has 1 amide bonds. The zero-order valence-corrected chi connectivity index (χ0v) is 12.8. The Morgan fingerprint density at radius 2 is 2.04 bits per heavy atom. The van der Waals surface area contributed by atoms with Crippen molar-refractivity contribution in [2.24, 2.45) is 11.8 Å². The zero-order chi connectivity index (χ0) is 17.4. The number of hydrogen-bond acceptors (Lipinski definition) is 3.